The average Bonchev–Trinajstić information content (AvgIpc) is 2.61. The minimum atomic E-state index is 0.289. The molecule has 2 aromatic rings. The van der Waals surface area contributed by atoms with Crippen molar-refractivity contribution in [3.63, 3.8) is 0 Å². The normalized spacial score (nSPS) is 13.9. The van der Waals surface area contributed by atoms with Gasteiger partial charge < -0.3 is 0 Å². The molecule has 2 heterocycles. The van der Waals surface area contributed by atoms with E-state index in [2.05, 4.69) is 47.4 Å². The Balaban J connectivity index is 2.53. The highest BCUT2D eigenvalue weighted by molar-refractivity contribution is 5.37. The van der Waals surface area contributed by atoms with E-state index in [1.165, 1.54) is 0 Å². The maximum atomic E-state index is 4.31. The molecule has 0 spiro atoms. The van der Waals surface area contributed by atoms with E-state index in [1.807, 2.05) is 24.4 Å². The third-order valence-corrected chi connectivity index (χ3v) is 2.79. The smallest absolute Gasteiger partial charge is 0.160 e. The van der Waals surface area contributed by atoms with E-state index in [0.29, 0.717) is 5.92 Å². The van der Waals surface area contributed by atoms with Gasteiger partial charge in [-0.1, -0.05) is 19.9 Å². The molecular weight excluding hydrogens is 200 g/mol. The van der Waals surface area contributed by atoms with Gasteiger partial charge in [-0.15, -0.1) is 10.2 Å². The number of aromatic nitrogens is 3. The van der Waals surface area contributed by atoms with Crippen LogP contribution in [0.5, 0.6) is 0 Å². The Labute approximate surface area is 95.9 Å². The highest BCUT2D eigenvalue weighted by Gasteiger charge is 2.23. The molecule has 2 rings (SSSR count). The number of rotatable bonds is 3. The second-order valence-corrected chi connectivity index (χ2v) is 4.64. The summed E-state index contributed by atoms with van der Waals surface area (Å²) in [6.45, 7) is 4.41. The van der Waals surface area contributed by atoms with Gasteiger partial charge in [-0.25, -0.2) is 0 Å². The van der Waals surface area contributed by atoms with Crippen LogP contribution in [0.4, 0.5) is 0 Å². The molecule has 0 aromatic carbocycles. The molecule has 1 unspecified atom stereocenters. The molecule has 4 nitrogen and oxygen atoms in total. The first-order chi connectivity index (χ1) is 7.61. The maximum Gasteiger partial charge on any atom is 0.160 e. The van der Waals surface area contributed by atoms with E-state index in [9.17, 15) is 0 Å². The molecule has 4 heteroatoms. The third-order valence-electron chi connectivity index (χ3n) is 2.79. The van der Waals surface area contributed by atoms with Crippen molar-refractivity contribution < 1.29 is 0 Å². The fourth-order valence-corrected chi connectivity index (χ4v) is 2.19. The van der Waals surface area contributed by atoms with E-state index in [1.54, 1.807) is 0 Å². The predicted molar refractivity (Wildman–Crippen MR) is 64.3 cm³/mol. The van der Waals surface area contributed by atoms with Crippen LogP contribution in [0.3, 0.4) is 0 Å². The summed E-state index contributed by atoms with van der Waals surface area (Å²) in [6.07, 6.45) is 2.02. The van der Waals surface area contributed by atoms with Crippen LogP contribution in [-0.4, -0.2) is 33.6 Å². The van der Waals surface area contributed by atoms with E-state index in [4.69, 9.17) is 0 Å². The Bertz CT molecular complexity index is 465. The summed E-state index contributed by atoms with van der Waals surface area (Å²) >= 11 is 0. The van der Waals surface area contributed by atoms with Gasteiger partial charge in [-0.05, 0) is 32.1 Å². The zero-order valence-electron chi connectivity index (χ0n) is 10.3. The van der Waals surface area contributed by atoms with Crippen molar-refractivity contribution in [3.8, 4) is 0 Å². The zero-order valence-corrected chi connectivity index (χ0v) is 10.3. The molecule has 0 N–H and O–H groups in total. The van der Waals surface area contributed by atoms with Gasteiger partial charge in [0.15, 0.2) is 11.5 Å². The van der Waals surface area contributed by atoms with E-state index in [-0.39, 0.29) is 6.04 Å². The van der Waals surface area contributed by atoms with Gasteiger partial charge in [0, 0.05) is 6.20 Å². The van der Waals surface area contributed by atoms with Crippen LogP contribution in [0.1, 0.15) is 25.7 Å². The summed E-state index contributed by atoms with van der Waals surface area (Å²) in [6, 6.07) is 6.25. The van der Waals surface area contributed by atoms with Crippen molar-refractivity contribution in [3.05, 3.63) is 30.2 Å². The number of pyridine rings is 1. The average molecular weight is 218 g/mol. The topological polar surface area (TPSA) is 33.4 Å². The maximum absolute atomic E-state index is 4.31. The predicted octanol–water partition coefficient (Wildman–Crippen LogP) is 1.99. The van der Waals surface area contributed by atoms with Crippen molar-refractivity contribution in [1.29, 1.82) is 0 Å². The molecule has 1 atom stereocenters. The molecular formula is C12H18N4. The van der Waals surface area contributed by atoms with Crippen LogP contribution in [0, 0.1) is 5.92 Å². The first-order valence-electron chi connectivity index (χ1n) is 5.57. The van der Waals surface area contributed by atoms with Crippen molar-refractivity contribution in [1.82, 2.24) is 19.5 Å². The number of hydrogen-bond acceptors (Lipinski definition) is 3. The Morgan fingerprint density at radius 2 is 1.94 bits per heavy atom. The van der Waals surface area contributed by atoms with Crippen LogP contribution in [0.25, 0.3) is 5.65 Å². The fraction of sp³-hybridized carbons (Fsp3) is 0.500. The molecule has 86 valence electrons. The van der Waals surface area contributed by atoms with Crippen molar-refractivity contribution in [2.45, 2.75) is 19.9 Å². The SMILES string of the molecule is CC(C)C(c1nnc2ccccn12)N(C)C. The van der Waals surface area contributed by atoms with E-state index in [0.717, 1.165) is 11.5 Å². The van der Waals surface area contributed by atoms with Gasteiger partial charge in [-0.2, -0.15) is 0 Å². The lowest BCUT2D eigenvalue weighted by Crippen LogP contribution is -2.26. The molecule has 16 heavy (non-hydrogen) atoms. The second-order valence-electron chi connectivity index (χ2n) is 4.64. The van der Waals surface area contributed by atoms with Crippen LogP contribution in [-0.2, 0) is 0 Å². The minimum absolute atomic E-state index is 0.289. The Hall–Kier alpha value is -1.42. The standard InChI is InChI=1S/C12H18N4/c1-9(2)11(15(3)4)12-14-13-10-7-5-6-8-16(10)12/h5-9,11H,1-4H3. The Morgan fingerprint density at radius 3 is 2.56 bits per heavy atom. The number of hydrogen-bond donors (Lipinski definition) is 0. The summed E-state index contributed by atoms with van der Waals surface area (Å²) in [4.78, 5) is 2.19. The lowest BCUT2D eigenvalue weighted by atomic mass is 10.0. The Morgan fingerprint density at radius 1 is 1.19 bits per heavy atom. The summed E-state index contributed by atoms with van der Waals surface area (Å²) in [5, 5.41) is 8.50. The van der Waals surface area contributed by atoms with Gasteiger partial charge in [-0.3, -0.25) is 9.30 Å². The molecule has 0 bridgehead atoms. The lowest BCUT2D eigenvalue weighted by molar-refractivity contribution is 0.223. The van der Waals surface area contributed by atoms with Crippen LogP contribution >= 0.6 is 0 Å². The number of nitrogens with zero attached hydrogens (tertiary/aromatic N) is 4. The van der Waals surface area contributed by atoms with Gasteiger partial charge in [0.05, 0.1) is 6.04 Å². The van der Waals surface area contributed by atoms with Gasteiger partial charge in [0.2, 0.25) is 0 Å². The summed E-state index contributed by atoms with van der Waals surface area (Å²) in [5.74, 6) is 1.51. The molecule has 2 aromatic heterocycles. The van der Waals surface area contributed by atoms with Crippen molar-refractivity contribution in [2.75, 3.05) is 14.1 Å². The van der Waals surface area contributed by atoms with Crippen molar-refractivity contribution >= 4 is 5.65 Å². The van der Waals surface area contributed by atoms with Gasteiger partial charge in [0.25, 0.3) is 0 Å². The summed E-state index contributed by atoms with van der Waals surface area (Å²) < 4.78 is 2.06. The van der Waals surface area contributed by atoms with Crippen LogP contribution in [0.2, 0.25) is 0 Å². The first kappa shape index (κ1) is 11.1. The zero-order chi connectivity index (χ0) is 11.7. The van der Waals surface area contributed by atoms with Crippen LogP contribution < -0.4 is 0 Å². The van der Waals surface area contributed by atoms with E-state index < -0.39 is 0 Å². The quantitative estimate of drug-likeness (QED) is 0.790. The largest absolute Gasteiger partial charge is 0.299 e. The summed E-state index contributed by atoms with van der Waals surface area (Å²) in [7, 11) is 4.16. The van der Waals surface area contributed by atoms with E-state index >= 15 is 0 Å². The molecule has 0 aliphatic carbocycles. The molecule has 0 amide bonds. The highest BCUT2D eigenvalue weighted by atomic mass is 15.3. The molecule has 0 fully saturated rings. The van der Waals surface area contributed by atoms with Crippen LogP contribution in [0.15, 0.2) is 24.4 Å². The minimum Gasteiger partial charge on any atom is -0.299 e. The summed E-state index contributed by atoms with van der Waals surface area (Å²) in [5.41, 5.74) is 0.907. The van der Waals surface area contributed by atoms with Gasteiger partial charge in [0.1, 0.15) is 0 Å². The number of fused-ring (bicyclic) bond motifs is 1. The Kier molecular flexibility index (Phi) is 2.92. The molecule has 0 aliphatic rings. The molecule has 0 aliphatic heterocycles. The second kappa shape index (κ2) is 4.22. The van der Waals surface area contributed by atoms with Gasteiger partial charge >= 0.3 is 0 Å². The lowest BCUT2D eigenvalue weighted by Gasteiger charge is -2.26. The monoisotopic (exact) mass is 218 g/mol. The molecule has 0 saturated heterocycles. The first-order valence-corrected chi connectivity index (χ1v) is 5.57. The van der Waals surface area contributed by atoms with Crippen molar-refractivity contribution in [2.24, 2.45) is 5.92 Å². The molecule has 0 saturated carbocycles. The fourth-order valence-electron chi connectivity index (χ4n) is 2.19. The highest BCUT2D eigenvalue weighted by Crippen LogP contribution is 2.24. The molecule has 0 radical (unpaired) electrons. The third kappa shape index (κ3) is 1.80.